The van der Waals surface area contributed by atoms with Crippen molar-refractivity contribution in [2.24, 2.45) is 0 Å². The molecule has 1 fully saturated rings. The number of carbonyl (C=O) groups excluding carboxylic acids is 2. The summed E-state index contributed by atoms with van der Waals surface area (Å²) in [5, 5.41) is 6.56. The van der Waals surface area contributed by atoms with E-state index in [4.69, 9.17) is 4.98 Å². The summed E-state index contributed by atoms with van der Waals surface area (Å²) in [5.74, 6) is 1.16. The molecule has 0 aliphatic heterocycles. The van der Waals surface area contributed by atoms with Gasteiger partial charge in [-0.2, -0.15) is 0 Å². The quantitative estimate of drug-likeness (QED) is 0.694. The normalized spacial score (nSPS) is 13.5. The Labute approximate surface area is 167 Å². The van der Waals surface area contributed by atoms with Crippen LogP contribution >= 0.6 is 11.3 Å². The van der Waals surface area contributed by atoms with Gasteiger partial charge in [0, 0.05) is 30.5 Å². The summed E-state index contributed by atoms with van der Waals surface area (Å²) < 4.78 is 0. The Morgan fingerprint density at radius 3 is 2.46 bits per heavy atom. The standard InChI is InChI=1S/C21H22N4O2S/c1-11-16-12(2)24-18(14-8-9-14)25-21(16)28-17(11)20(27)23-10-13-4-6-15(7-5-13)19(26)22-3/h4-7,14H,8-10H2,1-3H3,(H,22,26)(H,23,27). The first-order chi connectivity index (χ1) is 13.5. The number of thiophene rings is 1. The van der Waals surface area contributed by atoms with Crippen molar-refractivity contribution in [3.8, 4) is 0 Å². The first kappa shape index (κ1) is 18.6. The molecule has 0 radical (unpaired) electrons. The molecule has 144 valence electrons. The Morgan fingerprint density at radius 2 is 1.82 bits per heavy atom. The predicted octanol–water partition coefficient (Wildman–Crippen LogP) is 3.48. The molecule has 1 aromatic carbocycles. The summed E-state index contributed by atoms with van der Waals surface area (Å²) in [6.45, 7) is 4.35. The number of rotatable bonds is 5. The highest BCUT2D eigenvalue weighted by Gasteiger charge is 2.28. The minimum atomic E-state index is -0.126. The van der Waals surface area contributed by atoms with Gasteiger partial charge in [-0.3, -0.25) is 9.59 Å². The molecular formula is C21H22N4O2S. The Kier molecular flexibility index (Phi) is 4.85. The Morgan fingerprint density at radius 1 is 1.11 bits per heavy atom. The van der Waals surface area contributed by atoms with E-state index in [1.54, 1.807) is 19.2 Å². The van der Waals surface area contributed by atoms with Gasteiger partial charge in [0.2, 0.25) is 0 Å². The fourth-order valence-electron chi connectivity index (χ4n) is 3.28. The van der Waals surface area contributed by atoms with Crippen LogP contribution in [0.4, 0.5) is 0 Å². The summed E-state index contributed by atoms with van der Waals surface area (Å²) in [7, 11) is 1.60. The summed E-state index contributed by atoms with van der Waals surface area (Å²) in [5.41, 5.74) is 3.42. The van der Waals surface area contributed by atoms with Gasteiger partial charge in [-0.15, -0.1) is 11.3 Å². The zero-order valence-electron chi connectivity index (χ0n) is 16.1. The van der Waals surface area contributed by atoms with Crippen LogP contribution in [0, 0.1) is 13.8 Å². The van der Waals surface area contributed by atoms with Crippen molar-refractivity contribution in [2.45, 2.75) is 39.2 Å². The molecule has 2 N–H and O–H groups in total. The number of nitrogens with one attached hydrogen (secondary N) is 2. The number of aryl methyl sites for hydroxylation is 2. The van der Waals surface area contributed by atoms with E-state index >= 15 is 0 Å². The van der Waals surface area contributed by atoms with Gasteiger partial charge < -0.3 is 10.6 Å². The lowest BCUT2D eigenvalue weighted by Gasteiger charge is -2.06. The topological polar surface area (TPSA) is 84.0 Å². The summed E-state index contributed by atoms with van der Waals surface area (Å²) in [6.07, 6.45) is 2.31. The first-order valence-electron chi connectivity index (χ1n) is 9.34. The maximum atomic E-state index is 12.8. The van der Waals surface area contributed by atoms with Crippen LogP contribution in [-0.2, 0) is 6.54 Å². The molecule has 7 heteroatoms. The van der Waals surface area contributed by atoms with Gasteiger partial charge in [0.05, 0.1) is 10.6 Å². The van der Waals surface area contributed by atoms with E-state index in [1.807, 2.05) is 26.0 Å². The fraction of sp³-hybridized carbons (Fsp3) is 0.333. The lowest BCUT2D eigenvalue weighted by molar-refractivity contribution is 0.0948. The average Bonchev–Trinajstić information content (AvgIpc) is 3.49. The first-order valence-corrected chi connectivity index (χ1v) is 10.2. The van der Waals surface area contributed by atoms with Crippen LogP contribution in [0.5, 0.6) is 0 Å². The van der Waals surface area contributed by atoms with Crippen LogP contribution in [-0.4, -0.2) is 28.8 Å². The molecule has 2 heterocycles. The van der Waals surface area contributed by atoms with E-state index in [0.717, 1.165) is 45.7 Å². The number of carbonyl (C=O) groups is 2. The van der Waals surface area contributed by atoms with Crippen molar-refractivity contribution in [2.75, 3.05) is 7.05 Å². The van der Waals surface area contributed by atoms with Crippen molar-refractivity contribution in [3.05, 3.63) is 57.4 Å². The van der Waals surface area contributed by atoms with E-state index in [0.29, 0.717) is 22.9 Å². The highest BCUT2D eigenvalue weighted by Crippen LogP contribution is 2.40. The molecule has 1 aliphatic carbocycles. The number of fused-ring (bicyclic) bond motifs is 1. The molecule has 0 saturated heterocycles. The number of hydrogen-bond acceptors (Lipinski definition) is 5. The summed E-state index contributed by atoms with van der Waals surface area (Å²) >= 11 is 1.43. The van der Waals surface area contributed by atoms with Crippen molar-refractivity contribution in [1.29, 1.82) is 0 Å². The van der Waals surface area contributed by atoms with Crippen LogP contribution in [0.25, 0.3) is 10.2 Å². The van der Waals surface area contributed by atoms with Crippen LogP contribution in [0.3, 0.4) is 0 Å². The number of aromatic nitrogens is 2. The number of amides is 2. The lowest BCUT2D eigenvalue weighted by Crippen LogP contribution is -2.22. The second-order valence-electron chi connectivity index (χ2n) is 7.14. The number of hydrogen-bond donors (Lipinski definition) is 2. The molecule has 4 rings (SSSR count). The SMILES string of the molecule is CNC(=O)c1ccc(CNC(=O)c2sc3nc(C4CC4)nc(C)c3c2C)cc1. The summed E-state index contributed by atoms with van der Waals surface area (Å²) in [4.78, 5) is 35.3. The molecule has 6 nitrogen and oxygen atoms in total. The molecule has 2 aromatic heterocycles. The van der Waals surface area contributed by atoms with Crippen molar-refractivity contribution in [1.82, 2.24) is 20.6 Å². The van der Waals surface area contributed by atoms with Gasteiger partial charge in [-0.25, -0.2) is 9.97 Å². The molecule has 2 amide bonds. The Balaban J connectivity index is 1.51. The van der Waals surface area contributed by atoms with Gasteiger partial charge in [0.1, 0.15) is 10.7 Å². The molecule has 1 saturated carbocycles. The van der Waals surface area contributed by atoms with E-state index in [2.05, 4.69) is 15.6 Å². The van der Waals surface area contributed by atoms with E-state index in [1.165, 1.54) is 11.3 Å². The van der Waals surface area contributed by atoms with Crippen LogP contribution in [0.15, 0.2) is 24.3 Å². The Hall–Kier alpha value is -2.80. The maximum absolute atomic E-state index is 12.8. The van der Waals surface area contributed by atoms with Gasteiger partial charge >= 0.3 is 0 Å². The summed E-state index contributed by atoms with van der Waals surface area (Å²) in [6, 6.07) is 7.20. The highest BCUT2D eigenvalue weighted by atomic mass is 32.1. The smallest absolute Gasteiger partial charge is 0.261 e. The lowest BCUT2D eigenvalue weighted by atomic mass is 10.1. The van der Waals surface area contributed by atoms with Crippen LogP contribution in [0.1, 0.15) is 61.4 Å². The van der Waals surface area contributed by atoms with E-state index in [-0.39, 0.29) is 11.8 Å². The van der Waals surface area contributed by atoms with E-state index < -0.39 is 0 Å². The van der Waals surface area contributed by atoms with Gasteiger partial charge in [0.15, 0.2) is 0 Å². The minimum absolute atomic E-state index is 0.108. The average molecular weight is 395 g/mol. The van der Waals surface area contributed by atoms with Crippen molar-refractivity contribution < 1.29 is 9.59 Å². The van der Waals surface area contributed by atoms with Crippen molar-refractivity contribution >= 4 is 33.4 Å². The zero-order chi connectivity index (χ0) is 19.8. The van der Waals surface area contributed by atoms with Gasteiger partial charge in [-0.05, 0) is 49.9 Å². The van der Waals surface area contributed by atoms with E-state index in [9.17, 15) is 9.59 Å². The predicted molar refractivity (Wildman–Crippen MR) is 110 cm³/mol. The second kappa shape index (κ2) is 7.31. The van der Waals surface area contributed by atoms with Crippen LogP contribution in [0.2, 0.25) is 0 Å². The number of benzene rings is 1. The third-order valence-electron chi connectivity index (χ3n) is 5.03. The van der Waals surface area contributed by atoms with Gasteiger partial charge in [-0.1, -0.05) is 12.1 Å². The van der Waals surface area contributed by atoms with Gasteiger partial charge in [0.25, 0.3) is 11.8 Å². The molecular weight excluding hydrogens is 372 g/mol. The fourth-order valence-corrected chi connectivity index (χ4v) is 4.44. The molecule has 0 bridgehead atoms. The molecule has 0 atom stereocenters. The monoisotopic (exact) mass is 394 g/mol. The van der Waals surface area contributed by atoms with Crippen LogP contribution < -0.4 is 10.6 Å². The second-order valence-corrected chi connectivity index (χ2v) is 8.14. The Bertz CT molecular complexity index is 1070. The minimum Gasteiger partial charge on any atom is -0.355 e. The van der Waals surface area contributed by atoms with Crippen molar-refractivity contribution in [3.63, 3.8) is 0 Å². The molecule has 1 aliphatic rings. The zero-order valence-corrected chi connectivity index (χ0v) is 16.9. The molecule has 3 aromatic rings. The number of nitrogens with zero attached hydrogens (tertiary/aromatic N) is 2. The molecule has 0 unspecified atom stereocenters. The largest absolute Gasteiger partial charge is 0.355 e. The third kappa shape index (κ3) is 3.49. The molecule has 0 spiro atoms. The maximum Gasteiger partial charge on any atom is 0.261 e. The highest BCUT2D eigenvalue weighted by molar-refractivity contribution is 7.20. The molecule has 28 heavy (non-hydrogen) atoms. The third-order valence-corrected chi connectivity index (χ3v) is 6.22.